The van der Waals surface area contributed by atoms with Crippen LogP contribution in [0.4, 0.5) is 0 Å². The molecule has 0 radical (unpaired) electrons. The number of tetrazole rings is 1. The van der Waals surface area contributed by atoms with Gasteiger partial charge < -0.3 is 0 Å². The van der Waals surface area contributed by atoms with Crippen molar-refractivity contribution in [3.8, 4) is 5.69 Å². The van der Waals surface area contributed by atoms with Crippen LogP contribution in [0.5, 0.6) is 0 Å². The van der Waals surface area contributed by atoms with Crippen LogP contribution in [0.3, 0.4) is 0 Å². The maximum absolute atomic E-state index is 12.5. The first-order valence-corrected chi connectivity index (χ1v) is 8.19. The van der Waals surface area contributed by atoms with E-state index in [1.54, 1.807) is 24.3 Å². The van der Waals surface area contributed by atoms with Gasteiger partial charge in [0.15, 0.2) is 0 Å². The molecule has 0 atom stereocenters. The molecule has 4 rings (SSSR count). The third-order valence-corrected chi connectivity index (χ3v) is 4.54. The third-order valence-electron chi connectivity index (χ3n) is 4.54. The second-order valence-electron chi connectivity index (χ2n) is 6.16. The normalized spacial score (nSPS) is 14.5. The van der Waals surface area contributed by atoms with Gasteiger partial charge in [0.25, 0.3) is 5.91 Å². The Labute approximate surface area is 149 Å². The van der Waals surface area contributed by atoms with Crippen molar-refractivity contribution in [2.75, 3.05) is 0 Å². The zero-order valence-electron chi connectivity index (χ0n) is 13.8. The maximum atomic E-state index is 12.5. The Morgan fingerprint density at radius 1 is 0.962 bits per heavy atom. The van der Waals surface area contributed by atoms with Gasteiger partial charge in [-0.2, -0.15) is 0 Å². The number of carbonyl (C=O) groups excluding carboxylic acids is 2. The number of carbonyl (C=O) groups is 2. The Hall–Kier alpha value is -3.55. The van der Waals surface area contributed by atoms with Crippen molar-refractivity contribution < 1.29 is 9.59 Å². The Morgan fingerprint density at radius 3 is 2.31 bits per heavy atom. The molecule has 1 aromatic heterocycles. The summed E-state index contributed by atoms with van der Waals surface area (Å²) in [6.07, 6.45) is 3.02. The predicted octanol–water partition coefficient (Wildman–Crippen LogP) is 1.16. The molecule has 3 aromatic rings. The van der Waals surface area contributed by atoms with Crippen molar-refractivity contribution in [1.29, 1.82) is 0 Å². The average molecular weight is 348 g/mol. The van der Waals surface area contributed by atoms with Gasteiger partial charge in [-0.25, -0.2) is 4.68 Å². The molecule has 1 saturated carbocycles. The third kappa shape index (κ3) is 2.92. The van der Waals surface area contributed by atoms with Crippen LogP contribution in [-0.2, 0) is 10.2 Å². The molecule has 2 N–H and O–H groups in total. The SMILES string of the molecule is O=C(NNC(=O)C1(c2ccccc2)CC1)c1ccc(-n2cnnn2)cc1. The zero-order valence-corrected chi connectivity index (χ0v) is 13.8. The van der Waals surface area contributed by atoms with E-state index in [-0.39, 0.29) is 11.8 Å². The van der Waals surface area contributed by atoms with E-state index in [2.05, 4.69) is 26.4 Å². The lowest BCUT2D eigenvalue weighted by atomic mass is 9.95. The number of aromatic nitrogens is 4. The van der Waals surface area contributed by atoms with Crippen LogP contribution in [-0.4, -0.2) is 32.0 Å². The van der Waals surface area contributed by atoms with Gasteiger partial charge in [-0.1, -0.05) is 30.3 Å². The highest BCUT2D eigenvalue weighted by Crippen LogP contribution is 2.48. The monoisotopic (exact) mass is 348 g/mol. The first-order valence-electron chi connectivity index (χ1n) is 8.19. The summed E-state index contributed by atoms with van der Waals surface area (Å²) in [6, 6.07) is 16.3. The summed E-state index contributed by atoms with van der Waals surface area (Å²) in [5.41, 5.74) is 6.63. The summed E-state index contributed by atoms with van der Waals surface area (Å²) < 4.78 is 1.49. The van der Waals surface area contributed by atoms with Crippen LogP contribution in [0.15, 0.2) is 60.9 Å². The van der Waals surface area contributed by atoms with Crippen molar-refractivity contribution in [1.82, 2.24) is 31.1 Å². The van der Waals surface area contributed by atoms with Gasteiger partial charge in [0.2, 0.25) is 5.91 Å². The summed E-state index contributed by atoms with van der Waals surface area (Å²) in [6.45, 7) is 0. The van der Waals surface area contributed by atoms with Gasteiger partial charge in [0.05, 0.1) is 11.1 Å². The van der Waals surface area contributed by atoms with Crippen LogP contribution in [0, 0.1) is 0 Å². The minimum absolute atomic E-state index is 0.192. The molecule has 0 unspecified atom stereocenters. The molecular weight excluding hydrogens is 332 g/mol. The Kier molecular flexibility index (Phi) is 3.92. The molecule has 1 aliphatic rings. The van der Waals surface area contributed by atoms with Crippen molar-refractivity contribution in [3.63, 3.8) is 0 Å². The second-order valence-corrected chi connectivity index (χ2v) is 6.16. The Morgan fingerprint density at radius 2 is 1.69 bits per heavy atom. The number of hydrazine groups is 1. The van der Waals surface area contributed by atoms with Crippen molar-refractivity contribution in [2.45, 2.75) is 18.3 Å². The second kappa shape index (κ2) is 6.40. The van der Waals surface area contributed by atoms with Crippen LogP contribution < -0.4 is 10.9 Å². The predicted molar refractivity (Wildman–Crippen MR) is 92.1 cm³/mol. The van der Waals surface area contributed by atoms with E-state index in [1.807, 2.05) is 30.3 Å². The lowest BCUT2D eigenvalue weighted by molar-refractivity contribution is -0.124. The smallest absolute Gasteiger partial charge is 0.269 e. The largest absolute Gasteiger partial charge is 0.272 e. The number of nitrogens with zero attached hydrogens (tertiary/aromatic N) is 4. The summed E-state index contributed by atoms with van der Waals surface area (Å²) in [5.74, 6) is -0.576. The standard InChI is InChI=1S/C18H16N6O2/c25-16(13-6-8-15(9-7-13)24-12-19-22-23-24)20-21-17(26)18(10-11-18)14-4-2-1-3-5-14/h1-9,12H,10-11H2,(H,20,25)(H,21,26). The molecule has 1 aliphatic carbocycles. The van der Waals surface area contributed by atoms with Gasteiger partial charge in [-0.3, -0.25) is 20.4 Å². The fourth-order valence-corrected chi connectivity index (χ4v) is 2.88. The molecule has 8 heteroatoms. The topological polar surface area (TPSA) is 102 Å². The van der Waals surface area contributed by atoms with Crippen LogP contribution in [0.2, 0.25) is 0 Å². The molecule has 1 fully saturated rings. The van der Waals surface area contributed by atoms with Gasteiger partial charge in [-0.15, -0.1) is 5.10 Å². The first kappa shape index (κ1) is 15.9. The fourth-order valence-electron chi connectivity index (χ4n) is 2.88. The van der Waals surface area contributed by atoms with Crippen LogP contribution >= 0.6 is 0 Å². The summed E-state index contributed by atoms with van der Waals surface area (Å²) in [7, 11) is 0. The molecule has 26 heavy (non-hydrogen) atoms. The first-order chi connectivity index (χ1) is 12.7. The lowest BCUT2D eigenvalue weighted by Crippen LogP contribution is -2.46. The molecule has 0 bridgehead atoms. The Bertz CT molecular complexity index is 918. The summed E-state index contributed by atoms with van der Waals surface area (Å²) in [4.78, 5) is 24.8. The molecule has 0 saturated heterocycles. The van der Waals surface area contributed by atoms with E-state index in [4.69, 9.17) is 0 Å². The highest BCUT2D eigenvalue weighted by atomic mass is 16.2. The van der Waals surface area contributed by atoms with Gasteiger partial charge in [0, 0.05) is 5.56 Å². The molecule has 0 aliphatic heterocycles. The number of hydrogen-bond acceptors (Lipinski definition) is 5. The zero-order chi connectivity index (χ0) is 18.0. The van der Waals surface area contributed by atoms with E-state index in [1.165, 1.54) is 11.0 Å². The molecule has 2 amide bonds. The van der Waals surface area contributed by atoms with Gasteiger partial charge in [0.1, 0.15) is 6.33 Å². The highest BCUT2D eigenvalue weighted by Gasteiger charge is 2.51. The molecule has 2 aromatic carbocycles. The molecule has 0 spiro atoms. The Balaban J connectivity index is 1.39. The number of benzene rings is 2. The van der Waals surface area contributed by atoms with E-state index >= 15 is 0 Å². The average Bonchev–Trinajstić information content (AvgIpc) is 3.33. The number of rotatable bonds is 4. The summed E-state index contributed by atoms with van der Waals surface area (Å²) >= 11 is 0. The number of hydrogen-bond donors (Lipinski definition) is 2. The van der Waals surface area contributed by atoms with Crippen LogP contribution in [0.25, 0.3) is 5.69 Å². The highest BCUT2D eigenvalue weighted by molar-refractivity contribution is 5.97. The minimum Gasteiger partial charge on any atom is -0.272 e. The molecular formula is C18H16N6O2. The van der Waals surface area contributed by atoms with Crippen molar-refractivity contribution in [2.24, 2.45) is 0 Å². The van der Waals surface area contributed by atoms with Gasteiger partial charge in [-0.05, 0) is 53.1 Å². The van der Waals surface area contributed by atoms with E-state index in [0.29, 0.717) is 5.56 Å². The van der Waals surface area contributed by atoms with Crippen molar-refractivity contribution in [3.05, 3.63) is 72.1 Å². The number of nitrogens with one attached hydrogen (secondary N) is 2. The van der Waals surface area contributed by atoms with Gasteiger partial charge >= 0.3 is 0 Å². The maximum Gasteiger partial charge on any atom is 0.269 e. The molecule has 130 valence electrons. The van der Waals surface area contributed by atoms with E-state index < -0.39 is 5.41 Å². The van der Waals surface area contributed by atoms with Crippen LogP contribution in [0.1, 0.15) is 28.8 Å². The van der Waals surface area contributed by atoms with E-state index in [9.17, 15) is 9.59 Å². The number of amides is 2. The minimum atomic E-state index is -0.529. The summed E-state index contributed by atoms with van der Waals surface area (Å²) in [5, 5.41) is 10.9. The van der Waals surface area contributed by atoms with Crippen molar-refractivity contribution >= 4 is 11.8 Å². The quantitative estimate of drug-likeness (QED) is 0.689. The molecule has 1 heterocycles. The lowest BCUT2D eigenvalue weighted by Gasteiger charge is -2.16. The van der Waals surface area contributed by atoms with E-state index in [0.717, 1.165) is 24.1 Å². The molecule has 8 nitrogen and oxygen atoms in total. The fraction of sp³-hybridized carbons (Fsp3) is 0.167.